The predicted molar refractivity (Wildman–Crippen MR) is 63.6 cm³/mol. The van der Waals surface area contributed by atoms with Crippen LogP contribution in [-0.4, -0.2) is 33.4 Å². The molecule has 94 valence electrons. The van der Waals surface area contributed by atoms with E-state index in [4.69, 9.17) is 0 Å². The van der Waals surface area contributed by atoms with Gasteiger partial charge in [-0.2, -0.15) is 5.10 Å². The van der Waals surface area contributed by atoms with Crippen LogP contribution in [-0.2, 0) is 7.05 Å². The van der Waals surface area contributed by atoms with Gasteiger partial charge in [0, 0.05) is 25.2 Å². The number of hydrogen-bond donors (Lipinski definition) is 2. The van der Waals surface area contributed by atoms with E-state index in [-0.39, 0.29) is 17.9 Å². The van der Waals surface area contributed by atoms with E-state index in [1.54, 1.807) is 10.7 Å². The van der Waals surface area contributed by atoms with Crippen LogP contribution in [0.1, 0.15) is 35.4 Å². The van der Waals surface area contributed by atoms with E-state index in [0.29, 0.717) is 12.2 Å². The Morgan fingerprint density at radius 2 is 2.41 bits per heavy atom. The molecule has 2 rings (SSSR count). The smallest absolute Gasteiger partial charge is 0.271 e. The fraction of sp³-hybridized carbons (Fsp3) is 0.667. The van der Waals surface area contributed by atoms with E-state index in [1.807, 2.05) is 14.0 Å². The van der Waals surface area contributed by atoms with Gasteiger partial charge < -0.3 is 10.4 Å². The first-order chi connectivity index (χ1) is 8.08. The molecule has 1 heterocycles. The number of rotatable bonds is 3. The van der Waals surface area contributed by atoms with Crippen LogP contribution >= 0.6 is 0 Å². The first-order valence-corrected chi connectivity index (χ1v) is 6.05. The van der Waals surface area contributed by atoms with E-state index in [0.717, 1.165) is 25.0 Å². The largest absolute Gasteiger partial charge is 0.393 e. The van der Waals surface area contributed by atoms with Gasteiger partial charge in [0.15, 0.2) is 0 Å². The van der Waals surface area contributed by atoms with Gasteiger partial charge in [0.2, 0.25) is 0 Å². The molecule has 0 radical (unpaired) electrons. The summed E-state index contributed by atoms with van der Waals surface area (Å²) in [5, 5.41) is 16.6. The predicted octanol–water partition coefficient (Wildman–Crippen LogP) is 0.619. The lowest BCUT2D eigenvalue weighted by atomic mass is 10.1. The van der Waals surface area contributed by atoms with Gasteiger partial charge in [-0.3, -0.25) is 9.48 Å². The average Bonchev–Trinajstić information content (AvgIpc) is 2.83. The molecule has 1 aromatic heterocycles. The summed E-state index contributed by atoms with van der Waals surface area (Å²) < 4.78 is 1.68. The molecule has 0 aliphatic heterocycles. The molecule has 5 heteroatoms. The van der Waals surface area contributed by atoms with Crippen molar-refractivity contribution in [1.29, 1.82) is 0 Å². The van der Waals surface area contributed by atoms with Crippen LogP contribution in [0.5, 0.6) is 0 Å². The molecule has 1 aliphatic rings. The number of hydrogen-bond acceptors (Lipinski definition) is 3. The third-order valence-corrected chi connectivity index (χ3v) is 3.49. The normalized spacial score (nSPS) is 23.9. The van der Waals surface area contributed by atoms with E-state index in [1.165, 1.54) is 0 Å². The minimum Gasteiger partial charge on any atom is -0.393 e. The molecular weight excluding hydrogens is 218 g/mol. The number of nitrogens with zero attached hydrogens (tertiary/aromatic N) is 2. The Bertz CT molecular complexity index is 394. The lowest BCUT2D eigenvalue weighted by Crippen LogP contribution is -2.32. The monoisotopic (exact) mass is 237 g/mol. The quantitative estimate of drug-likeness (QED) is 0.810. The second-order valence-corrected chi connectivity index (χ2v) is 4.76. The van der Waals surface area contributed by atoms with Crippen LogP contribution < -0.4 is 5.32 Å². The summed E-state index contributed by atoms with van der Waals surface area (Å²) in [5.74, 6) is 0.0385. The number of carbonyl (C=O) groups is 1. The van der Waals surface area contributed by atoms with E-state index >= 15 is 0 Å². The van der Waals surface area contributed by atoms with Gasteiger partial charge in [-0.25, -0.2) is 0 Å². The van der Waals surface area contributed by atoms with Crippen molar-refractivity contribution in [3.8, 4) is 0 Å². The summed E-state index contributed by atoms with van der Waals surface area (Å²) in [6.07, 6.45) is 2.62. The maximum absolute atomic E-state index is 11.8. The van der Waals surface area contributed by atoms with E-state index in [2.05, 4.69) is 10.4 Å². The summed E-state index contributed by atoms with van der Waals surface area (Å²) in [6, 6.07) is 1.76. The lowest BCUT2D eigenvalue weighted by Gasteiger charge is -2.14. The highest BCUT2D eigenvalue weighted by Gasteiger charge is 2.25. The Morgan fingerprint density at radius 1 is 1.65 bits per heavy atom. The minimum absolute atomic E-state index is 0.159. The first-order valence-electron chi connectivity index (χ1n) is 6.05. The fourth-order valence-corrected chi connectivity index (χ4v) is 2.24. The maximum Gasteiger partial charge on any atom is 0.271 e. The highest BCUT2D eigenvalue weighted by Crippen LogP contribution is 2.24. The molecule has 0 spiro atoms. The van der Waals surface area contributed by atoms with Crippen molar-refractivity contribution in [2.75, 3.05) is 6.54 Å². The maximum atomic E-state index is 11.8. The molecule has 1 amide bonds. The number of aliphatic hydroxyl groups excluding tert-OH is 1. The van der Waals surface area contributed by atoms with Crippen molar-refractivity contribution < 1.29 is 9.90 Å². The summed E-state index contributed by atoms with van der Waals surface area (Å²) >= 11 is 0. The average molecular weight is 237 g/mol. The number of aromatic nitrogens is 2. The molecule has 17 heavy (non-hydrogen) atoms. The van der Waals surface area contributed by atoms with Crippen LogP contribution in [0.3, 0.4) is 0 Å². The topological polar surface area (TPSA) is 67.2 Å². The number of nitrogens with one attached hydrogen (secondary N) is 1. The fourth-order valence-electron chi connectivity index (χ4n) is 2.24. The molecule has 0 aromatic carbocycles. The van der Waals surface area contributed by atoms with Gasteiger partial charge in [-0.1, -0.05) is 6.42 Å². The van der Waals surface area contributed by atoms with Crippen molar-refractivity contribution in [3.05, 3.63) is 17.5 Å². The van der Waals surface area contributed by atoms with Crippen LogP contribution in [0.4, 0.5) is 0 Å². The summed E-state index contributed by atoms with van der Waals surface area (Å²) in [4.78, 5) is 11.8. The Hall–Kier alpha value is -1.36. The van der Waals surface area contributed by atoms with Crippen LogP contribution in [0.15, 0.2) is 6.07 Å². The molecular formula is C12H19N3O2. The Kier molecular flexibility index (Phi) is 3.47. The van der Waals surface area contributed by atoms with Gasteiger partial charge in [0.1, 0.15) is 5.69 Å². The van der Waals surface area contributed by atoms with Crippen molar-refractivity contribution in [2.45, 2.75) is 32.3 Å². The zero-order valence-corrected chi connectivity index (χ0v) is 10.3. The summed E-state index contributed by atoms with van der Waals surface area (Å²) in [7, 11) is 1.81. The first kappa shape index (κ1) is 12.1. The summed E-state index contributed by atoms with van der Waals surface area (Å²) in [5.41, 5.74) is 1.40. The summed E-state index contributed by atoms with van der Waals surface area (Å²) in [6.45, 7) is 2.44. The van der Waals surface area contributed by atoms with Gasteiger partial charge in [0.25, 0.3) is 5.91 Å². The minimum atomic E-state index is -0.263. The lowest BCUT2D eigenvalue weighted by molar-refractivity contribution is 0.0911. The van der Waals surface area contributed by atoms with Gasteiger partial charge >= 0.3 is 0 Å². The number of aryl methyl sites for hydroxylation is 2. The zero-order valence-electron chi connectivity index (χ0n) is 10.3. The third-order valence-electron chi connectivity index (χ3n) is 3.49. The Labute approximate surface area is 101 Å². The molecule has 0 bridgehead atoms. The molecule has 5 nitrogen and oxygen atoms in total. The van der Waals surface area contributed by atoms with E-state index in [9.17, 15) is 9.90 Å². The third kappa shape index (κ3) is 2.66. The van der Waals surface area contributed by atoms with Crippen LogP contribution in [0.25, 0.3) is 0 Å². The molecule has 1 aliphatic carbocycles. The van der Waals surface area contributed by atoms with Crippen LogP contribution in [0, 0.1) is 12.8 Å². The van der Waals surface area contributed by atoms with Crippen molar-refractivity contribution >= 4 is 5.91 Å². The highest BCUT2D eigenvalue weighted by molar-refractivity contribution is 5.92. The van der Waals surface area contributed by atoms with Crippen LogP contribution in [0.2, 0.25) is 0 Å². The van der Waals surface area contributed by atoms with Crippen molar-refractivity contribution in [1.82, 2.24) is 15.1 Å². The molecule has 2 atom stereocenters. The van der Waals surface area contributed by atoms with Gasteiger partial charge in [-0.15, -0.1) is 0 Å². The van der Waals surface area contributed by atoms with E-state index < -0.39 is 0 Å². The van der Waals surface area contributed by atoms with Gasteiger partial charge in [-0.05, 0) is 25.8 Å². The number of carbonyl (C=O) groups excluding carboxylic acids is 1. The number of aliphatic hydroxyl groups is 1. The molecule has 1 aromatic rings. The Balaban J connectivity index is 1.89. The second kappa shape index (κ2) is 4.87. The standard InChI is InChI=1S/C12H19N3O2/c1-8-6-10(14-15(8)2)12(17)13-7-9-4-3-5-11(9)16/h6,9,11,16H,3-5,7H2,1-2H3,(H,13,17). The second-order valence-electron chi connectivity index (χ2n) is 4.76. The number of amides is 1. The van der Waals surface area contributed by atoms with Gasteiger partial charge in [0.05, 0.1) is 6.10 Å². The van der Waals surface area contributed by atoms with Crippen molar-refractivity contribution in [3.63, 3.8) is 0 Å². The molecule has 2 N–H and O–H groups in total. The highest BCUT2D eigenvalue weighted by atomic mass is 16.3. The Morgan fingerprint density at radius 3 is 2.94 bits per heavy atom. The molecule has 2 unspecified atom stereocenters. The zero-order chi connectivity index (χ0) is 12.4. The molecule has 0 saturated heterocycles. The molecule has 1 fully saturated rings. The van der Waals surface area contributed by atoms with Crippen molar-refractivity contribution in [2.24, 2.45) is 13.0 Å². The molecule has 1 saturated carbocycles. The SMILES string of the molecule is Cc1cc(C(=O)NCC2CCCC2O)nn1C.